The van der Waals surface area contributed by atoms with E-state index in [4.69, 9.17) is 21.1 Å². The Morgan fingerprint density at radius 2 is 1.93 bits per heavy atom. The fourth-order valence-corrected chi connectivity index (χ4v) is 3.79. The first kappa shape index (κ1) is 22.3. The van der Waals surface area contributed by atoms with Crippen molar-refractivity contribution in [1.29, 1.82) is 0 Å². The third-order valence-electron chi connectivity index (χ3n) is 4.55. The number of halogens is 1. The van der Waals surface area contributed by atoms with Crippen LogP contribution in [-0.2, 0) is 17.9 Å². The highest BCUT2D eigenvalue weighted by molar-refractivity contribution is 7.09. The van der Waals surface area contributed by atoms with Crippen molar-refractivity contribution in [2.24, 2.45) is 0 Å². The largest absolute Gasteiger partial charge is 0.486 e. The van der Waals surface area contributed by atoms with Crippen molar-refractivity contribution < 1.29 is 14.3 Å². The van der Waals surface area contributed by atoms with Crippen LogP contribution >= 0.6 is 22.9 Å². The van der Waals surface area contributed by atoms with E-state index < -0.39 is 0 Å². The number of aromatic nitrogens is 1. The predicted octanol–water partition coefficient (Wildman–Crippen LogP) is 5.36. The lowest BCUT2D eigenvalue weighted by molar-refractivity contribution is 0.0721. The molecule has 0 bridgehead atoms. The molecule has 0 aliphatic heterocycles. The van der Waals surface area contributed by atoms with E-state index in [1.165, 1.54) is 11.3 Å². The third kappa shape index (κ3) is 6.29. The number of methoxy groups -OCH3 is 1. The normalized spacial score (nSPS) is 10.8. The third-order valence-corrected chi connectivity index (χ3v) is 5.67. The molecule has 1 aromatic heterocycles. The topological polar surface area (TPSA) is 51.7 Å². The summed E-state index contributed by atoms with van der Waals surface area (Å²) in [5.74, 6) is 0.807. The predicted molar refractivity (Wildman–Crippen MR) is 120 cm³/mol. The van der Waals surface area contributed by atoms with Gasteiger partial charge in [-0.2, -0.15) is 0 Å². The highest BCUT2D eigenvalue weighted by Gasteiger charge is 2.17. The molecule has 1 heterocycles. The van der Waals surface area contributed by atoms with Crippen LogP contribution in [0.15, 0.2) is 53.9 Å². The Balaban J connectivity index is 1.65. The zero-order valence-corrected chi connectivity index (χ0v) is 18.7. The van der Waals surface area contributed by atoms with Crippen LogP contribution in [0, 0.1) is 6.92 Å². The first-order valence-corrected chi connectivity index (χ1v) is 11.0. The first-order chi connectivity index (χ1) is 14.6. The summed E-state index contributed by atoms with van der Waals surface area (Å²) in [5, 5.41) is 3.47. The lowest BCUT2D eigenvalue weighted by Gasteiger charge is -2.22. The van der Waals surface area contributed by atoms with Gasteiger partial charge in [0.25, 0.3) is 5.91 Å². The molecule has 0 N–H and O–H groups in total. The van der Waals surface area contributed by atoms with Gasteiger partial charge in [-0.1, -0.05) is 29.8 Å². The zero-order chi connectivity index (χ0) is 21.3. The van der Waals surface area contributed by atoms with Crippen LogP contribution in [0.4, 0.5) is 0 Å². The lowest BCUT2D eigenvalue weighted by Crippen LogP contribution is -2.32. The number of nitrogens with zero attached hydrogens (tertiary/aromatic N) is 2. The number of hydrogen-bond acceptors (Lipinski definition) is 5. The Labute approximate surface area is 186 Å². The van der Waals surface area contributed by atoms with Gasteiger partial charge in [-0.25, -0.2) is 4.98 Å². The number of carbonyl (C=O) groups excluding carboxylic acids is 1. The van der Waals surface area contributed by atoms with E-state index in [9.17, 15) is 4.79 Å². The summed E-state index contributed by atoms with van der Waals surface area (Å²) in [6.45, 7) is 4.04. The molecule has 7 heteroatoms. The minimum absolute atomic E-state index is 0.0477. The summed E-state index contributed by atoms with van der Waals surface area (Å²) in [6, 6.07) is 14.9. The Morgan fingerprint density at radius 1 is 1.17 bits per heavy atom. The second-order valence-corrected chi connectivity index (χ2v) is 8.25. The van der Waals surface area contributed by atoms with Crippen LogP contribution in [0.5, 0.6) is 5.75 Å². The molecule has 0 saturated carbocycles. The van der Waals surface area contributed by atoms with Crippen LogP contribution in [0.3, 0.4) is 0 Å². The Bertz CT molecular complexity index is 959. The number of thiazole rings is 1. The molecular weight excluding hydrogens is 420 g/mol. The second-order valence-electron chi connectivity index (χ2n) is 6.87. The average molecular weight is 445 g/mol. The van der Waals surface area contributed by atoms with Gasteiger partial charge in [-0.05, 0) is 49.2 Å². The number of carbonyl (C=O) groups is 1. The van der Waals surface area contributed by atoms with E-state index in [0.29, 0.717) is 36.9 Å². The molecule has 3 rings (SSSR count). The smallest absolute Gasteiger partial charge is 0.254 e. The second kappa shape index (κ2) is 11.1. The first-order valence-electron chi connectivity index (χ1n) is 9.72. The molecule has 5 nitrogen and oxygen atoms in total. The summed E-state index contributed by atoms with van der Waals surface area (Å²) in [6.07, 6.45) is 0.753. The number of amides is 1. The van der Waals surface area contributed by atoms with Crippen LogP contribution in [-0.4, -0.2) is 36.1 Å². The van der Waals surface area contributed by atoms with Gasteiger partial charge in [0.15, 0.2) is 0 Å². The van der Waals surface area contributed by atoms with E-state index in [-0.39, 0.29) is 5.91 Å². The van der Waals surface area contributed by atoms with Crippen molar-refractivity contribution in [3.05, 3.63) is 80.8 Å². The number of para-hydroxylation sites is 1. The number of aryl methyl sites for hydroxylation is 1. The Hall–Kier alpha value is -2.41. The summed E-state index contributed by atoms with van der Waals surface area (Å²) in [4.78, 5) is 19.5. The standard InChI is InChI=1S/C23H25ClN2O3S/c1-17-6-3-4-7-21(17)29-15-22-25-20(16-30-22)14-26(12-5-13-28-2)23(27)18-8-10-19(24)11-9-18/h3-4,6-11,16H,5,12-15H2,1-2H3. The molecule has 30 heavy (non-hydrogen) atoms. The molecule has 0 atom stereocenters. The van der Waals surface area contributed by atoms with Crippen LogP contribution in [0.25, 0.3) is 0 Å². The van der Waals surface area contributed by atoms with Crippen molar-refractivity contribution >= 4 is 28.8 Å². The van der Waals surface area contributed by atoms with E-state index in [1.807, 2.05) is 36.6 Å². The molecule has 0 aliphatic rings. The number of hydrogen-bond donors (Lipinski definition) is 0. The van der Waals surface area contributed by atoms with Crippen molar-refractivity contribution in [3.63, 3.8) is 0 Å². The van der Waals surface area contributed by atoms with Gasteiger partial charge in [-0.3, -0.25) is 4.79 Å². The molecule has 1 amide bonds. The van der Waals surface area contributed by atoms with Gasteiger partial charge in [0.1, 0.15) is 17.4 Å². The molecule has 0 saturated heterocycles. The highest BCUT2D eigenvalue weighted by Crippen LogP contribution is 2.20. The maximum absolute atomic E-state index is 13.0. The zero-order valence-electron chi connectivity index (χ0n) is 17.1. The Morgan fingerprint density at radius 3 is 2.67 bits per heavy atom. The molecular formula is C23H25ClN2O3S. The minimum atomic E-state index is -0.0477. The summed E-state index contributed by atoms with van der Waals surface area (Å²) >= 11 is 7.49. The van der Waals surface area contributed by atoms with E-state index >= 15 is 0 Å². The molecule has 0 aliphatic carbocycles. The van der Waals surface area contributed by atoms with Gasteiger partial charge in [0, 0.05) is 36.2 Å². The average Bonchev–Trinajstić information content (AvgIpc) is 3.20. The number of rotatable bonds is 10. The lowest BCUT2D eigenvalue weighted by atomic mass is 10.2. The fourth-order valence-electron chi connectivity index (χ4n) is 2.97. The van der Waals surface area contributed by atoms with Gasteiger partial charge in [0.2, 0.25) is 0 Å². The minimum Gasteiger partial charge on any atom is -0.486 e. The molecule has 158 valence electrons. The molecule has 3 aromatic rings. The van der Waals surface area contributed by atoms with Crippen LogP contribution in [0.1, 0.15) is 33.0 Å². The maximum Gasteiger partial charge on any atom is 0.254 e. The monoisotopic (exact) mass is 444 g/mol. The summed E-state index contributed by atoms with van der Waals surface area (Å²) in [7, 11) is 1.66. The summed E-state index contributed by atoms with van der Waals surface area (Å²) in [5.41, 5.74) is 2.55. The summed E-state index contributed by atoms with van der Waals surface area (Å²) < 4.78 is 11.0. The quantitative estimate of drug-likeness (QED) is 0.395. The van der Waals surface area contributed by atoms with Crippen molar-refractivity contribution in [2.75, 3.05) is 20.3 Å². The molecule has 2 aromatic carbocycles. The van der Waals surface area contributed by atoms with Gasteiger partial charge >= 0.3 is 0 Å². The van der Waals surface area contributed by atoms with E-state index in [1.54, 1.807) is 36.3 Å². The van der Waals surface area contributed by atoms with Crippen LogP contribution in [0.2, 0.25) is 5.02 Å². The van der Waals surface area contributed by atoms with Crippen molar-refractivity contribution in [2.45, 2.75) is 26.5 Å². The molecule has 0 unspecified atom stereocenters. The van der Waals surface area contributed by atoms with Gasteiger partial charge in [-0.15, -0.1) is 11.3 Å². The van der Waals surface area contributed by atoms with Crippen molar-refractivity contribution in [3.8, 4) is 5.75 Å². The SMILES string of the molecule is COCCCN(Cc1csc(COc2ccccc2C)n1)C(=O)c1ccc(Cl)cc1. The van der Waals surface area contributed by atoms with Gasteiger partial charge < -0.3 is 14.4 Å². The number of ether oxygens (including phenoxy) is 2. The molecule has 0 spiro atoms. The van der Waals surface area contributed by atoms with Crippen molar-refractivity contribution in [1.82, 2.24) is 9.88 Å². The van der Waals surface area contributed by atoms with E-state index in [2.05, 4.69) is 4.98 Å². The van der Waals surface area contributed by atoms with Gasteiger partial charge in [0.05, 0.1) is 12.2 Å². The maximum atomic E-state index is 13.0. The van der Waals surface area contributed by atoms with Crippen LogP contribution < -0.4 is 4.74 Å². The Kier molecular flexibility index (Phi) is 8.25. The fraction of sp³-hybridized carbons (Fsp3) is 0.304. The molecule has 0 radical (unpaired) electrons. The number of benzene rings is 2. The molecule has 0 fully saturated rings. The highest BCUT2D eigenvalue weighted by atomic mass is 35.5. The van der Waals surface area contributed by atoms with E-state index in [0.717, 1.165) is 28.4 Å².